The highest BCUT2D eigenvalue weighted by Gasteiger charge is 2.13. The number of rotatable bonds is 3. The van der Waals surface area contributed by atoms with E-state index in [0.717, 1.165) is 27.9 Å². The lowest BCUT2D eigenvalue weighted by Crippen LogP contribution is -2.05. The van der Waals surface area contributed by atoms with E-state index >= 15 is 0 Å². The average molecular weight is 277 g/mol. The van der Waals surface area contributed by atoms with Gasteiger partial charge >= 0.3 is 0 Å². The molecule has 0 bridgehead atoms. The largest absolute Gasteiger partial charge is 0.455 e. The minimum Gasteiger partial charge on any atom is -0.455 e. The summed E-state index contributed by atoms with van der Waals surface area (Å²) < 4.78 is 5.95. The highest BCUT2D eigenvalue weighted by Crippen LogP contribution is 2.34. The number of hydrogen-bond donors (Lipinski definition) is 1. The highest BCUT2D eigenvalue weighted by molar-refractivity contribution is 5.98. The number of aryl methyl sites for hydroxylation is 1. The molecule has 21 heavy (non-hydrogen) atoms. The van der Waals surface area contributed by atoms with Crippen molar-refractivity contribution in [1.82, 2.24) is 0 Å². The van der Waals surface area contributed by atoms with Crippen LogP contribution in [-0.2, 0) is 4.79 Å². The molecule has 0 spiro atoms. The lowest BCUT2D eigenvalue weighted by molar-refractivity contribution is -0.113. The Morgan fingerprint density at radius 1 is 1.10 bits per heavy atom. The standard InChI is InChI=1S/C18H15NO2/c1-12-6-8-13(9-7-12)18-15(10-11-17(19)20)14-4-2-3-5-16(14)21-18/h2-11H,1H3,(H2,19,20)/b11-10+. The van der Waals surface area contributed by atoms with Crippen LogP contribution in [0, 0.1) is 6.92 Å². The Morgan fingerprint density at radius 2 is 1.81 bits per heavy atom. The van der Waals surface area contributed by atoms with E-state index in [2.05, 4.69) is 0 Å². The van der Waals surface area contributed by atoms with Crippen LogP contribution in [0.25, 0.3) is 28.4 Å². The van der Waals surface area contributed by atoms with Crippen LogP contribution in [0.15, 0.2) is 59.0 Å². The molecule has 1 amide bonds. The molecular formula is C18H15NO2. The van der Waals surface area contributed by atoms with Gasteiger partial charge < -0.3 is 10.2 Å². The Hall–Kier alpha value is -2.81. The zero-order valence-corrected chi connectivity index (χ0v) is 11.7. The third kappa shape index (κ3) is 2.58. The van der Waals surface area contributed by atoms with Crippen molar-refractivity contribution < 1.29 is 9.21 Å². The fourth-order valence-electron chi connectivity index (χ4n) is 2.32. The molecule has 0 atom stereocenters. The van der Waals surface area contributed by atoms with Crippen molar-refractivity contribution in [2.24, 2.45) is 5.73 Å². The summed E-state index contributed by atoms with van der Waals surface area (Å²) in [4.78, 5) is 11.0. The predicted octanol–water partition coefficient (Wildman–Crippen LogP) is 3.91. The maximum absolute atomic E-state index is 11.0. The lowest BCUT2D eigenvalue weighted by atomic mass is 10.0. The first-order valence-electron chi connectivity index (χ1n) is 6.71. The van der Waals surface area contributed by atoms with Crippen molar-refractivity contribution in [2.45, 2.75) is 6.92 Å². The van der Waals surface area contributed by atoms with Gasteiger partial charge in [0, 0.05) is 22.6 Å². The van der Waals surface area contributed by atoms with Crippen molar-refractivity contribution in [3.05, 3.63) is 65.7 Å². The first-order chi connectivity index (χ1) is 10.1. The van der Waals surface area contributed by atoms with E-state index in [1.165, 1.54) is 11.6 Å². The minimum atomic E-state index is -0.477. The fraction of sp³-hybridized carbons (Fsp3) is 0.0556. The minimum absolute atomic E-state index is 0.477. The summed E-state index contributed by atoms with van der Waals surface area (Å²) in [5.74, 6) is 0.267. The van der Waals surface area contributed by atoms with Crippen LogP contribution in [0.4, 0.5) is 0 Å². The summed E-state index contributed by atoms with van der Waals surface area (Å²) in [7, 11) is 0. The molecule has 3 nitrogen and oxygen atoms in total. The number of para-hydroxylation sites is 1. The summed E-state index contributed by atoms with van der Waals surface area (Å²) in [6, 6.07) is 15.8. The molecule has 2 N–H and O–H groups in total. The van der Waals surface area contributed by atoms with E-state index in [0.29, 0.717) is 0 Å². The molecule has 0 saturated carbocycles. The van der Waals surface area contributed by atoms with Crippen LogP contribution in [0.2, 0.25) is 0 Å². The molecular weight excluding hydrogens is 262 g/mol. The average Bonchev–Trinajstić information content (AvgIpc) is 2.84. The van der Waals surface area contributed by atoms with Crippen LogP contribution in [-0.4, -0.2) is 5.91 Å². The van der Waals surface area contributed by atoms with Crippen molar-refractivity contribution >= 4 is 23.0 Å². The van der Waals surface area contributed by atoms with Crippen LogP contribution in [0.1, 0.15) is 11.1 Å². The molecule has 0 saturated heterocycles. The van der Waals surface area contributed by atoms with Crippen molar-refractivity contribution in [3.8, 4) is 11.3 Å². The molecule has 3 rings (SSSR count). The summed E-state index contributed by atoms with van der Waals surface area (Å²) >= 11 is 0. The number of nitrogens with two attached hydrogens (primary N) is 1. The van der Waals surface area contributed by atoms with Crippen LogP contribution in [0.5, 0.6) is 0 Å². The second-order valence-electron chi connectivity index (χ2n) is 4.94. The number of primary amides is 1. The molecule has 0 aliphatic rings. The van der Waals surface area contributed by atoms with E-state index in [4.69, 9.17) is 10.2 Å². The van der Waals surface area contributed by atoms with E-state index in [1.54, 1.807) is 6.08 Å². The SMILES string of the molecule is Cc1ccc(-c2oc3ccccc3c2/C=C/C(N)=O)cc1. The van der Waals surface area contributed by atoms with E-state index in [9.17, 15) is 4.79 Å². The number of amides is 1. The number of fused-ring (bicyclic) bond motifs is 1. The molecule has 3 aromatic rings. The van der Waals surface area contributed by atoms with E-state index in [1.807, 2.05) is 55.5 Å². The van der Waals surface area contributed by atoms with Gasteiger partial charge in [-0.3, -0.25) is 4.79 Å². The van der Waals surface area contributed by atoms with Gasteiger partial charge in [0.1, 0.15) is 11.3 Å². The summed E-state index contributed by atoms with van der Waals surface area (Å²) in [6.07, 6.45) is 3.07. The molecule has 3 heteroatoms. The van der Waals surface area contributed by atoms with Gasteiger partial charge in [-0.05, 0) is 19.1 Å². The Balaban J connectivity index is 2.23. The van der Waals surface area contributed by atoms with Gasteiger partial charge in [0.15, 0.2) is 0 Å². The number of carbonyl (C=O) groups excluding carboxylic acids is 1. The molecule has 0 aliphatic carbocycles. The third-order valence-corrected chi connectivity index (χ3v) is 3.36. The van der Waals surface area contributed by atoms with Gasteiger partial charge in [-0.1, -0.05) is 48.0 Å². The molecule has 1 heterocycles. The number of furan rings is 1. The van der Waals surface area contributed by atoms with Gasteiger partial charge in [-0.2, -0.15) is 0 Å². The first kappa shape index (κ1) is 13.2. The summed E-state index contributed by atoms with van der Waals surface area (Å²) in [5, 5.41) is 0.963. The van der Waals surface area contributed by atoms with Gasteiger partial charge in [0.2, 0.25) is 5.91 Å². The second-order valence-corrected chi connectivity index (χ2v) is 4.94. The molecule has 1 aromatic heterocycles. The molecule has 2 aromatic carbocycles. The monoisotopic (exact) mass is 277 g/mol. The summed E-state index contributed by atoms with van der Waals surface area (Å²) in [5.41, 5.74) is 9.02. The van der Waals surface area contributed by atoms with Crippen molar-refractivity contribution in [1.29, 1.82) is 0 Å². The number of hydrogen-bond acceptors (Lipinski definition) is 2. The molecule has 0 fully saturated rings. The van der Waals surface area contributed by atoms with Gasteiger partial charge in [-0.25, -0.2) is 0 Å². The van der Waals surface area contributed by atoms with Crippen LogP contribution < -0.4 is 5.73 Å². The Labute approximate surface area is 122 Å². The van der Waals surface area contributed by atoms with Crippen LogP contribution >= 0.6 is 0 Å². The Morgan fingerprint density at radius 3 is 2.52 bits per heavy atom. The Kier molecular flexibility index (Phi) is 3.32. The van der Waals surface area contributed by atoms with Crippen molar-refractivity contribution in [2.75, 3.05) is 0 Å². The normalized spacial score (nSPS) is 11.3. The molecule has 0 aliphatic heterocycles. The maximum atomic E-state index is 11.0. The van der Waals surface area contributed by atoms with Gasteiger partial charge in [0.25, 0.3) is 0 Å². The van der Waals surface area contributed by atoms with E-state index < -0.39 is 5.91 Å². The van der Waals surface area contributed by atoms with E-state index in [-0.39, 0.29) is 0 Å². The van der Waals surface area contributed by atoms with Gasteiger partial charge in [0.05, 0.1) is 0 Å². The maximum Gasteiger partial charge on any atom is 0.241 e. The fourth-order valence-corrected chi connectivity index (χ4v) is 2.32. The van der Waals surface area contributed by atoms with Crippen LogP contribution in [0.3, 0.4) is 0 Å². The second kappa shape index (κ2) is 5.29. The number of carbonyl (C=O) groups is 1. The molecule has 0 radical (unpaired) electrons. The summed E-state index contributed by atoms with van der Waals surface area (Å²) in [6.45, 7) is 2.04. The molecule has 104 valence electrons. The lowest BCUT2D eigenvalue weighted by Gasteiger charge is -2.00. The number of benzene rings is 2. The predicted molar refractivity (Wildman–Crippen MR) is 84.6 cm³/mol. The Bertz CT molecular complexity index is 826. The zero-order valence-electron chi connectivity index (χ0n) is 11.7. The zero-order chi connectivity index (χ0) is 14.8. The smallest absolute Gasteiger partial charge is 0.241 e. The van der Waals surface area contributed by atoms with Gasteiger partial charge in [-0.15, -0.1) is 0 Å². The third-order valence-electron chi connectivity index (χ3n) is 3.36. The van der Waals surface area contributed by atoms with Crippen molar-refractivity contribution in [3.63, 3.8) is 0 Å². The molecule has 0 unspecified atom stereocenters. The quantitative estimate of drug-likeness (QED) is 0.738. The first-order valence-corrected chi connectivity index (χ1v) is 6.71. The highest BCUT2D eigenvalue weighted by atomic mass is 16.3. The topological polar surface area (TPSA) is 56.2 Å².